The smallest absolute Gasteiger partial charge is 0.332 e. The van der Waals surface area contributed by atoms with E-state index in [1.165, 1.54) is 16.8 Å². The van der Waals surface area contributed by atoms with E-state index < -0.39 is 30.2 Å². The molecular weight excluding hydrogens is 674 g/mol. The maximum atomic E-state index is 14.1. The van der Waals surface area contributed by atoms with Crippen molar-refractivity contribution < 1.29 is 27.6 Å². The first-order valence-corrected chi connectivity index (χ1v) is 18.8. The SMILES string of the molecule is Cc1nc(C(=O)N2CCN(C(=O)c3cn4nc(-c5ccc(F)cc5)cc(C(C)(C)C)c4n3)C(C)(C)C2)n(CP(=O)(OC(C)(C)C)OC(C)(C)C)n1. The van der Waals surface area contributed by atoms with E-state index in [0.29, 0.717) is 17.2 Å². The molecule has 0 bridgehead atoms. The van der Waals surface area contributed by atoms with Crippen LogP contribution in [0.1, 0.15) is 109 Å². The van der Waals surface area contributed by atoms with Crippen LogP contribution in [0.15, 0.2) is 36.5 Å². The van der Waals surface area contributed by atoms with Crippen molar-refractivity contribution in [1.82, 2.24) is 39.2 Å². The molecule has 0 saturated carbocycles. The number of imidazole rings is 1. The highest BCUT2D eigenvalue weighted by molar-refractivity contribution is 7.52. The van der Waals surface area contributed by atoms with E-state index in [4.69, 9.17) is 19.1 Å². The van der Waals surface area contributed by atoms with Gasteiger partial charge >= 0.3 is 7.60 Å². The highest BCUT2D eigenvalue weighted by Gasteiger charge is 2.42. The molecule has 1 aromatic carbocycles. The van der Waals surface area contributed by atoms with Gasteiger partial charge in [0.25, 0.3) is 11.8 Å². The molecular formula is C36H50FN8O5P. The molecule has 0 spiro atoms. The average Bonchev–Trinajstić information content (AvgIpc) is 3.55. The number of hydrogen-bond acceptors (Lipinski definition) is 9. The Morgan fingerprint density at radius 2 is 1.51 bits per heavy atom. The summed E-state index contributed by atoms with van der Waals surface area (Å²) >= 11 is 0. The third-order valence-corrected chi connectivity index (χ3v) is 10.4. The van der Waals surface area contributed by atoms with Gasteiger partial charge in [-0.15, -0.1) is 0 Å². The van der Waals surface area contributed by atoms with Gasteiger partial charge in [-0.25, -0.2) is 23.6 Å². The van der Waals surface area contributed by atoms with Crippen molar-refractivity contribution in [1.29, 1.82) is 0 Å². The first-order chi connectivity index (χ1) is 23.3. The number of benzene rings is 1. The highest BCUT2D eigenvalue weighted by atomic mass is 31.2. The fraction of sp³-hybridized carbons (Fsp3) is 0.556. The van der Waals surface area contributed by atoms with Crippen LogP contribution in [0.25, 0.3) is 16.9 Å². The first-order valence-electron chi connectivity index (χ1n) is 17.0. The van der Waals surface area contributed by atoms with Crippen LogP contribution in [-0.2, 0) is 25.3 Å². The number of amides is 2. The van der Waals surface area contributed by atoms with Gasteiger partial charge in [-0.2, -0.15) is 10.2 Å². The summed E-state index contributed by atoms with van der Waals surface area (Å²) in [6.45, 7) is 23.0. The number of aromatic nitrogens is 6. The quantitative estimate of drug-likeness (QED) is 0.187. The summed E-state index contributed by atoms with van der Waals surface area (Å²) in [4.78, 5) is 40.7. The van der Waals surface area contributed by atoms with E-state index in [2.05, 4.69) is 30.9 Å². The number of carbonyl (C=O) groups excluding carboxylic acids is 2. The number of rotatable bonds is 7. The molecule has 0 unspecified atom stereocenters. The molecule has 5 rings (SSSR count). The molecule has 4 heterocycles. The number of piperazine rings is 1. The van der Waals surface area contributed by atoms with Gasteiger partial charge < -0.3 is 18.8 Å². The maximum Gasteiger partial charge on any atom is 0.353 e. The van der Waals surface area contributed by atoms with Crippen molar-refractivity contribution in [2.45, 2.75) is 112 Å². The predicted molar refractivity (Wildman–Crippen MR) is 192 cm³/mol. The lowest BCUT2D eigenvalue weighted by atomic mass is 9.87. The van der Waals surface area contributed by atoms with Crippen molar-refractivity contribution in [3.8, 4) is 11.3 Å². The van der Waals surface area contributed by atoms with Gasteiger partial charge in [0.1, 0.15) is 23.6 Å². The molecule has 0 atom stereocenters. The van der Waals surface area contributed by atoms with Crippen LogP contribution < -0.4 is 0 Å². The minimum atomic E-state index is -3.80. The molecule has 13 nitrogen and oxygen atoms in total. The Bertz CT molecular complexity index is 1980. The molecule has 1 fully saturated rings. The summed E-state index contributed by atoms with van der Waals surface area (Å²) in [6.07, 6.45) is 1.32. The van der Waals surface area contributed by atoms with Gasteiger partial charge in [0.2, 0.25) is 5.82 Å². The number of nitrogens with zero attached hydrogens (tertiary/aromatic N) is 8. The van der Waals surface area contributed by atoms with Gasteiger partial charge in [-0.1, -0.05) is 20.8 Å². The van der Waals surface area contributed by atoms with E-state index in [-0.39, 0.29) is 54.6 Å². The molecule has 276 valence electrons. The molecule has 51 heavy (non-hydrogen) atoms. The van der Waals surface area contributed by atoms with Crippen molar-refractivity contribution in [3.63, 3.8) is 0 Å². The second kappa shape index (κ2) is 13.2. The molecule has 1 saturated heterocycles. The van der Waals surface area contributed by atoms with E-state index in [1.54, 1.807) is 81.1 Å². The highest BCUT2D eigenvalue weighted by Crippen LogP contribution is 2.55. The Balaban J connectivity index is 1.40. The van der Waals surface area contributed by atoms with Gasteiger partial charge in [0, 0.05) is 30.8 Å². The Morgan fingerprint density at radius 3 is 2.06 bits per heavy atom. The molecule has 15 heteroatoms. The first kappa shape index (κ1) is 38.2. The topological polar surface area (TPSA) is 137 Å². The zero-order chi connectivity index (χ0) is 37.9. The van der Waals surface area contributed by atoms with Gasteiger partial charge in [0.05, 0.1) is 28.6 Å². The minimum Gasteiger partial charge on any atom is -0.332 e. The third kappa shape index (κ3) is 8.73. The van der Waals surface area contributed by atoms with Gasteiger partial charge in [-0.3, -0.25) is 14.2 Å². The summed E-state index contributed by atoms with van der Waals surface area (Å²) in [5.41, 5.74) is 0.334. The van der Waals surface area contributed by atoms with Crippen LogP contribution in [0, 0.1) is 12.7 Å². The van der Waals surface area contributed by atoms with E-state index in [1.807, 2.05) is 19.9 Å². The molecule has 4 aromatic rings. The molecule has 3 aromatic heterocycles. The second-order valence-corrected chi connectivity index (χ2v) is 18.6. The van der Waals surface area contributed by atoms with Crippen LogP contribution in [-0.4, -0.2) is 87.4 Å². The van der Waals surface area contributed by atoms with Crippen molar-refractivity contribution in [3.05, 3.63) is 65.3 Å². The summed E-state index contributed by atoms with van der Waals surface area (Å²) in [5, 5.41) is 9.13. The number of carbonyl (C=O) groups is 2. The lowest BCUT2D eigenvalue weighted by Crippen LogP contribution is -2.62. The van der Waals surface area contributed by atoms with Crippen LogP contribution in [0.3, 0.4) is 0 Å². The largest absolute Gasteiger partial charge is 0.353 e. The monoisotopic (exact) mass is 724 g/mol. The van der Waals surface area contributed by atoms with E-state index in [9.17, 15) is 18.5 Å². The maximum absolute atomic E-state index is 14.1. The minimum absolute atomic E-state index is 0.0106. The second-order valence-electron chi connectivity index (χ2n) is 16.7. The zero-order valence-corrected chi connectivity index (χ0v) is 32.6. The number of aryl methyl sites for hydroxylation is 1. The molecule has 1 aliphatic heterocycles. The van der Waals surface area contributed by atoms with E-state index in [0.717, 1.165) is 11.1 Å². The average molecular weight is 725 g/mol. The Labute approximate surface area is 299 Å². The fourth-order valence-corrected chi connectivity index (χ4v) is 8.51. The lowest BCUT2D eigenvalue weighted by Gasteiger charge is -2.46. The summed E-state index contributed by atoms with van der Waals surface area (Å²) in [5.74, 6) is -0.693. The fourth-order valence-electron chi connectivity index (χ4n) is 6.17. The van der Waals surface area contributed by atoms with Crippen molar-refractivity contribution in [2.75, 3.05) is 19.6 Å². The Morgan fingerprint density at radius 1 is 0.902 bits per heavy atom. The third-order valence-electron chi connectivity index (χ3n) is 8.13. The zero-order valence-electron chi connectivity index (χ0n) is 31.7. The molecule has 2 amide bonds. The summed E-state index contributed by atoms with van der Waals surface area (Å²) in [6, 6.07) is 8.05. The summed E-state index contributed by atoms with van der Waals surface area (Å²) < 4.78 is 42.5. The van der Waals surface area contributed by atoms with E-state index >= 15 is 0 Å². The van der Waals surface area contributed by atoms with Crippen LogP contribution in [0.2, 0.25) is 0 Å². The Kier molecular flexibility index (Phi) is 9.90. The normalized spacial score (nSPS) is 15.9. The predicted octanol–water partition coefficient (Wildman–Crippen LogP) is 6.89. The molecule has 0 radical (unpaired) electrons. The summed E-state index contributed by atoms with van der Waals surface area (Å²) in [7, 11) is -3.80. The molecule has 0 N–H and O–H groups in total. The molecule has 1 aliphatic rings. The van der Waals surface area contributed by atoms with Crippen LogP contribution in [0.4, 0.5) is 4.39 Å². The lowest BCUT2D eigenvalue weighted by molar-refractivity contribution is 0.0156. The number of fused-ring (bicyclic) bond motifs is 1. The van der Waals surface area contributed by atoms with Crippen LogP contribution >= 0.6 is 7.60 Å². The molecule has 0 aliphatic carbocycles. The number of hydrogen-bond donors (Lipinski definition) is 0. The number of halogens is 1. The van der Waals surface area contributed by atoms with Gasteiger partial charge in [-0.05, 0) is 98.1 Å². The van der Waals surface area contributed by atoms with Gasteiger partial charge in [0.15, 0.2) is 5.65 Å². The van der Waals surface area contributed by atoms with Crippen LogP contribution in [0.5, 0.6) is 0 Å². The van der Waals surface area contributed by atoms with Crippen molar-refractivity contribution in [2.24, 2.45) is 0 Å². The Hall–Kier alpha value is -4.00. The standard InChI is InChI=1S/C36H50FN8O5P/c1-23-38-30(45(40-23)22-51(48,49-34(5,6)7)50-35(8,9)10)32(47)42-17-18-43(36(11,12)21-42)31(46)28-20-44-29(39-28)26(33(2,3)4)19-27(41-44)24-13-15-25(37)16-14-24/h13-16,19-20H,17-18,21-22H2,1-12H3. The van der Waals surface area contributed by atoms with Crippen molar-refractivity contribution >= 4 is 25.1 Å².